The van der Waals surface area contributed by atoms with Gasteiger partial charge in [-0.15, -0.1) is 0 Å². The predicted octanol–water partition coefficient (Wildman–Crippen LogP) is 25.1. The summed E-state index contributed by atoms with van der Waals surface area (Å²) in [5.74, 6) is -0.0376. The number of unbranched alkanes of at least 4 members (excludes halogenated alkanes) is 62. The Morgan fingerprint density at radius 2 is 0.554 bits per heavy atom. The SMILES string of the molecule is CCCCCCCCCCCCCCCCCCCCC/C=C/C(O)C(CO)NC(=O)CCCCCCCCCCCCCCCCCCCCCCCCCCCCOC(=O)CCCCCCCCCCCCCCCCCCCCC. The zero-order chi connectivity index (χ0) is 59.9. The highest BCUT2D eigenvalue weighted by atomic mass is 16.5. The lowest BCUT2D eigenvalue weighted by molar-refractivity contribution is -0.143. The van der Waals surface area contributed by atoms with E-state index in [9.17, 15) is 19.8 Å². The van der Waals surface area contributed by atoms with Gasteiger partial charge in [0.15, 0.2) is 0 Å². The summed E-state index contributed by atoms with van der Waals surface area (Å²) in [4.78, 5) is 24.7. The van der Waals surface area contributed by atoms with Crippen molar-refractivity contribution in [2.45, 2.75) is 456 Å². The molecule has 0 aromatic heterocycles. The van der Waals surface area contributed by atoms with Crippen LogP contribution in [0.25, 0.3) is 0 Å². The van der Waals surface area contributed by atoms with E-state index < -0.39 is 12.1 Å². The molecule has 494 valence electrons. The van der Waals surface area contributed by atoms with Crippen LogP contribution >= 0.6 is 0 Å². The van der Waals surface area contributed by atoms with Gasteiger partial charge in [-0.05, 0) is 32.1 Å². The third-order valence-corrected chi connectivity index (χ3v) is 18.3. The van der Waals surface area contributed by atoms with Crippen molar-refractivity contribution in [2.75, 3.05) is 13.2 Å². The number of rotatable bonds is 73. The summed E-state index contributed by atoms with van der Waals surface area (Å²) in [7, 11) is 0. The maximum absolute atomic E-state index is 12.5. The molecule has 0 radical (unpaired) electrons. The molecule has 0 heterocycles. The van der Waals surface area contributed by atoms with Gasteiger partial charge in [-0.25, -0.2) is 0 Å². The molecule has 3 N–H and O–H groups in total. The van der Waals surface area contributed by atoms with Gasteiger partial charge in [-0.1, -0.05) is 411 Å². The number of amides is 1. The lowest BCUT2D eigenvalue weighted by Crippen LogP contribution is -2.45. The summed E-state index contributed by atoms with van der Waals surface area (Å²) in [5.41, 5.74) is 0. The van der Waals surface area contributed by atoms with E-state index in [1.54, 1.807) is 6.08 Å². The van der Waals surface area contributed by atoms with E-state index in [2.05, 4.69) is 19.2 Å². The van der Waals surface area contributed by atoms with E-state index >= 15 is 0 Å². The highest BCUT2D eigenvalue weighted by molar-refractivity contribution is 5.76. The van der Waals surface area contributed by atoms with Crippen LogP contribution in [0.3, 0.4) is 0 Å². The molecule has 2 unspecified atom stereocenters. The number of aliphatic hydroxyl groups is 2. The van der Waals surface area contributed by atoms with Crippen molar-refractivity contribution < 1.29 is 24.5 Å². The fourth-order valence-electron chi connectivity index (χ4n) is 12.5. The molecule has 0 aliphatic heterocycles. The number of carbonyl (C=O) groups excluding carboxylic acids is 2. The van der Waals surface area contributed by atoms with Crippen LogP contribution in [0.2, 0.25) is 0 Å². The number of aliphatic hydroxyl groups excluding tert-OH is 2. The van der Waals surface area contributed by atoms with Crippen molar-refractivity contribution in [3.63, 3.8) is 0 Å². The van der Waals surface area contributed by atoms with Gasteiger partial charge < -0.3 is 20.3 Å². The second kappa shape index (κ2) is 73.1. The molecule has 2 atom stereocenters. The molecule has 6 heteroatoms. The second-order valence-electron chi connectivity index (χ2n) is 26.7. The fourth-order valence-corrected chi connectivity index (χ4v) is 12.5. The van der Waals surface area contributed by atoms with Gasteiger partial charge in [0.2, 0.25) is 5.91 Å². The van der Waals surface area contributed by atoms with E-state index in [0.29, 0.717) is 19.4 Å². The van der Waals surface area contributed by atoms with E-state index in [0.717, 1.165) is 38.5 Å². The van der Waals surface area contributed by atoms with Crippen LogP contribution < -0.4 is 5.32 Å². The quantitative estimate of drug-likeness (QED) is 0.0320. The van der Waals surface area contributed by atoms with Crippen molar-refractivity contribution in [1.29, 1.82) is 0 Å². The molecule has 83 heavy (non-hydrogen) atoms. The molecule has 0 bridgehead atoms. The maximum atomic E-state index is 12.5. The molecule has 1 amide bonds. The fraction of sp³-hybridized carbons (Fsp3) is 0.948. The number of ether oxygens (including phenoxy) is 1. The van der Waals surface area contributed by atoms with Crippen LogP contribution in [-0.2, 0) is 14.3 Å². The van der Waals surface area contributed by atoms with Gasteiger partial charge in [0.05, 0.1) is 25.4 Å². The molecule has 0 aliphatic rings. The lowest BCUT2D eigenvalue weighted by atomic mass is 10.0. The summed E-state index contributed by atoms with van der Waals surface area (Å²) in [6, 6.07) is -0.627. The van der Waals surface area contributed by atoms with Crippen molar-refractivity contribution in [3.8, 4) is 0 Å². The van der Waals surface area contributed by atoms with Gasteiger partial charge in [0, 0.05) is 12.8 Å². The van der Waals surface area contributed by atoms with Crippen molar-refractivity contribution in [3.05, 3.63) is 12.2 Å². The highest BCUT2D eigenvalue weighted by Gasteiger charge is 2.18. The molecular formula is C77H151NO5. The number of hydrogen-bond acceptors (Lipinski definition) is 5. The third kappa shape index (κ3) is 69.6. The molecule has 0 aromatic rings. The first-order valence-corrected chi connectivity index (χ1v) is 38.5. The Bertz CT molecular complexity index is 1260. The van der Waals surface area contributed by atoms with Crippen LogP contribution in [0.4, 0.5) is 0 Å². The summed E-state index contributed by atoms with van der Waals surface area (Å²) < 4.78 is 5.52. The summed E-state index contributed by atoms with van der Waals surface area (Å²) >= 11 is 0. The van der Waals surface area contributed by atoms with Crippen LogP contribution in [0.1, 0.15) is 444 Å². The molecule has 0 saturated heterocycles. The first kappa shape index (κ1) is 81.6. The van der Waals surface area contributed by atoms with Gasteiger partial charge >= 0.3 is 5.97 Å². The smallest absolute Gasteiger partial charge is 0.305 e. The van der Waals surface area contributed by atoms with Gasteiger partial charge in [-0.2, -0.15) is 0 Å². The monoisotopic (exact) mass is 1170 g/mol. The molecule has 0 spiro atoms. The Morgan fingerprint density at radius 1 is 0.325 bits per heavy atom. The molecule has 0 aliphatic carbocycles. The van der Waals surface area contributed by atoms with Gasteiger partial charge in [-0.3, -0.25) is 9.59 Å². The topological polar surface area (TPSA) is 95.9 Å². The van der Waals surface area contributed by atoms with E-state index in [4.69, 9.17) is 4.74 Å². The lowest BCUT2D eigenvalue weighted by Gasteiger charge is -2.20. The minimum atomic E-state index is -0.843. The maximum Gasteiger partial charge on any atom is 0.305 e. The largest absolute Gasteiger partial charge is 0.466 e. The Morgan fingerprint density at radius 3 is 0.819 bits per heavy atom. The van der Waals surface area contributed by atoms with Crippen molar-refractivity contribution in [1.82, 2.24) is 5.32 Å². The van der Waals surface area contributed by atoms with Crippen LogP contribution in [-0.4, -0.2) is 47.4 Å². The van der Waals surface area contributed by atoms with Gasteiger partial charge in [0.1, 0.15) is 0 Å². The molecule has 0 fully saturated rings. The Labute approximate surface area is 520 Å². The molecular weight excluding hydrogens is 1020 g/mol. The average Bonchev–Trinajstić information content (AvgIpc) is 3.49. The van der Waals surface area contributed by atoms with E-state index in [-0.39, 0.29) is 18.5 Å². The van der Waals surface area contributed by atoms with Crippen molar-refractivity contribution in [2.24, 2.45) is 0 Å². The van der Waals surface area contributed by atoms with Crippen LogP contribution in [0.5, 0.6) is 0 Å². The highest BCUT2D eigenvalue weighted by Crippen LogP contribution is 2.20. The first-order valence-electron chi connectivity index (χ1n) is 38.5. The number of esters is 1. The first-order chi connectivity index (χ1) is 41.0. The second-order valence-corrected chi connectivity index (χ2v) is 26.7. The Kier molecular flexibility index (Phi) is 71.8. The molecule has 0 rings (SSSR count). The average molecular weight is 1170 g/mol. The molecule has 6 nitrogen and oxygen atoms in total. The van der Waals surface area contributed by atoms with E-state index in [1.807, 2.05) is 6.08 Å². The normalized spacial score (nSPS) is 12.5. The Hall–Kier alpha value is -1.40. The van der Waals surface area contributed by atoms with Gasteiger partial charge in [0.25, 0.3) is 0 Å². The van der Waals surface area contributed by atoms with Crippen molar-refractivity contribution >= 4 is 11.9 Å². The zero-order valence-electron chi connectivity index (χ0n) is 56.7. The number of nitrogens with one attached hydrogen (secondary N) is 1. The predicted molar refractivity (Wildman–Crippen MR) is 366 cm³/mol. The van der Waals surface area contributed by atoms with Crippen LogP contribution in [0, 0.1) is 0 Å². The van der Waals surface area contributed by atoms with Crippen LogP contribution in [0.15, 0.2) is 12.2 Å². The summed E-state index contributed by atoms with van der Waals surface area (Å²) in [5, 5.41) is 23.3. The number of allylic oxidation sites excluding steroid dienone is 1. The summed E-state index contributed by atoms with van der Waals surface area (Å²) in [6.45, 7) is 4.97. The Balaban J connectivity index is 3.35. The van der Waals surface area contributed by atoms with E-state index in [1.165, 1.54) is 379 Å². The third-order valence-electron chi connectivity index (χ3n) is 18.3. The molecule has 0 saturated carbocycles. The zero-order valence-corrected chi connectivity index (χ0v) is 56.7. The standard InChI is InChI=1S/C77H151NO5/c1-3-5-7-9-11-13-15-17-19-21-23-30-34-37-41-45-49-53-57-61-65-69-75(80)74(73-79)78-76(81)70-66-62-58-54-50-46-42-38-35-31-28-26-24-25-27-29-32-36-40-44-48-52-56-60-64-68-72-83-77(82)71-67-63-59-55-51-47-43-39-33-22-20-18-16-14-12-10-8-6-4-2/h65,69,74-75,79-80H,3-64,66-68,70-73H2,1-2H3,(H,78,81)/b69-65+. The molecule has 0 aromatic carbocycles. The number of carbonyl (C=O) groups is 2. The summed E-state index contributed by atoms with van der Waals surface area (Å²) in [6.07, 6.45) is 91.7. The minimum absolute atomic E-state index is 0.0230. The minimum Gasteiger partial charge on any atom is -0.466 e. The number of hydrogen-bond donors (Lipinski definition) is 3.